The average molecular weight is 340 g/mol. The zero-order chi connectivity index (χ0) is 17.6. The number of aliphatic hydroxyl groups is 1. The summed E-state index contributed by atoms with van der Waals surface area (Å²) < 4.78 is 5.81. The third-order valence-electron chi connectivity index (χ3n) is 4.36. The van der Waals surface area contributed by atoms with Crippen molar-refractivity contribution in [3.05, 3.63) is 54.1 Å². The van der Waals surface area contributed by atoms with Gasteiger partial charge in [-0.25, -0.2) is 0 Å². The van der Waals surface area contributed by atoms with Crippen LogP contribution in [-0.4, -0.2) is 42.2 Å². The van der Waals surface area contributed by atoms with Crippen molar-refractivity contribution in [3.8, 4) is 11.5 Å². The Labute approximate surface area is 148 Å². The van der Waals surface area contributed by atoms with Gasteiger partial charge >= 0.3 is 0 Å². The number of hydrogen-bond donors (Lipinski definition) is 2. The Bertz CT molecular complexity index is 715. The van der Waals surface area contributed by atoms with Crippen LogP contribution in [0.3, 0.4) is 0 Å². The van der Waals surface area contributed by atoms with Gasteiger partial charge < -0.3 is 15.2 Å². The molecule has 1 heterocycles. The molecule has 132 valence electrons. The van der Waals surface area contributed by atoms with Gasteiger partial charge in [-0.3, -0.25) is 9.69 Å². The smallest absolute Gasteiger partial charge is 0.238 e. The predicted molar refractivity (Wildman–Crippen MR) is 98.0 cm³/mol. The molecule has 0 spiro atoms. The first-order chi connectivity index (χ1) is 12.1. The van der Waals surface area contributed by atoms with Crippen LogP contribution in [0.15, 0.2) is 48.5 Å². The summed E-state index contributed by atoms with van der Waals surface area (Å²) in [6.45, 7) is 4.22. The molecule has 2 aromatic carbocycles. The van der Waals surface area contributed by atoms with E-state index in [0.29, 0.717) is 12.5 Å². The lowest BCUT2D eigenvalue weighted by atomic mass is 10.1. The molecule has 5 heteroatoms. The zero-order valence-corrected chi connectivity index (χ0v) is 14.4. The van der Waals surface area contributed by atoms with Gasteiger partial charge in [-0.1, -0.05) is 12.1 Å². The molecule has 1 saturated heterocycles. The van der Waals surface area contributed by atoms with Gasteiger partial charge in [0.2, 0.25) is 5.91 Å². The Morgan fingerprint density at radius 2 is 2.04 bits per heavy atom. The van der Waals surface area contributed by atoms with E-state index in [1.807, 2.05) is 55.5 Å². The van der Waals surface area contributed by atoms with E-state index in [0.717, 1.165) is 42.3 Å². The fourth-order valence-corrected chi connectivity index (χ4v) is 3.03. The molecule has 0 radical (unpaired) electrons. The number of likely N-dealkylation sites (tertiary alicyclic amines) is 1. The maximum absolute atomic E-state index is 12.1. The van der Waals surface area contributed by atoms with Crippen molar-refractivity contribution in [2.75, 3.05) is 31.6 Å². The fourth-order valence-electron chi connectivity index (χ4n) is 3.03. The topological polar surface area (TPSA) is 61.8 Å². The number of hydrogen-bond acceptors (Lipinski definition) is 4. The molecule has 2 aromatic rings. The highest BCUT2D eigenvalue weighted by molar-refractivity contribution is 5.92. The van der Waals surface area contributed by atoms with Crippen LogP contribution in [0.25, 0.3) is 0 Å². The van der Waals surface area contributed by atoms with Crippen LogP contribution in [0.5, 0.6) is 11.5 Å². The highest BCUT2D eigenvalue weighted by atomic mass is 16.5. The van der Waals surface area contributed by atoms with Crippen LogP contribution in [0.2, 0.25) is 0 Å². The van der Waals surface area contributed by atoms with Gasteiger partial charge in [-0.05, 0) is 67.8 Å². The number of ether oxygens (including phenoxy) is 1. The second kappa shape index (κ2) is 8.14. The number of carbonyl (C=O) groups excluding carboxylic acids is 1. The molecule has 1 fully saturated rings. The Hall–Kier alpha value is -2.37. The second-order valence-corrected chi connectivity index (χ2v) is 6.56. The van der Waals surface area contributed by atoms with Crippen molar-refractivity contribution < 1.29 is 14.6 Å². The predicted octanol–water partition coefficient (Wildman–Crippen LogP) is 3.04. The molecular weight excluding hydrogens is 316 g/mol. The van der Waals surface area contributed by atoms with Gasteiger partial charge in [0.25, 0.3) is 0 Å². The molecule has 0 aromatic heterocycles. The van der Waals surface area contributed by atoms with E-state index >= 15 is 0 Å². The van der Waals surface area contributed by atoms with Crippen LogP contribution in [0.1, 0.15) is 12.0 Å². The first-order valence-electron chi connectivity index (χ1n) is 8.60. The zero-order valence-electron chi connectivity index (χ0n) is 14.4. The average Bonchev–Trinajstić information content (AvgIpc) is 3.04. The molecule has 1 atom stereocenters. The summed E-state index contributed by atoms with van der Waals surface area (Å²) in [7, 11) is 0. The highest BCUT2D eigenvalue weighted by Gasteiger charge is 2.23. The third kappa shape index (κ3) is 5.05. The molecule has 5 nitrogen and oxygen atoms in total. The molecule has 1 amide bonds. The van der Waals surface area contributed by atoms with Gasteiger partial charge in [0.1, 0.15) is 11.5 Å². The van der Waals surface area contributed by atoms with Crippen LogP contribution in [0.4, 0.5) is 5.69 Å². The highest BCUT2D eigenvalue weighted by Crippen LogP contribution is 2.23. The van der Waals surface area contributed by atoms with Gasteiger partial charge in [-0.2, -0.15) is 0 Å². The lowest BCUT2D eigenvalue weighted by molar-refractivity contribution is -0.117. The van der Waals surface area contributed by atoms with Crippen LogP contribution < -0.4 is 10.1 Å². The van der Waals surface area contributed by atoms with E-state index in [1.165, 1.54) is 0 Å². The number of amides is 1. The van der Waals surface area contributed by atoms with Crippen molar-refractivity contribution in [1.29, 1.82) is 0 Å². The first kappa shape index (κ1) is 17.5. The van der Waals surface area contributed by atoms with Crippen molar-refractivity contribution in [2.45, 2.75) is 13.3 Å². The summed E-state index contributed by atoms with van der Waals surface area (Å²) in [4.78, 5) is 14.2. The Morgan fingerprint density at radius 1 is 1.24 bits per heavy atom. The normalized spacial score (nSPS) is 17.4. The minimum atomic E-state index is -0.0362. The molecule has 0 saturated carbocycles. The van der Waals surface area contributed by atoms with Gasteiger partial charge in [0, 0.05) is 18.8 Å². The van der Waals surface area contributed by atoms with E-state index in [-0.39, 0.29) is 12.5 Å². The van der Waals surface area contributed by atoms with Crippen LogP contribution in [-0.2, 0) is 4.79 Å². The number of rotatable bonds is 6. The summed E-state index contributed by atoms with van der Waals surface area (Å²) in [5, 5.41) is 12.1. The number of carbonyl (C=O) groups is 1. The summed E-state index contributed by atoms with van der Waals surface area (Å²) in [5.41, 5.74) is 1.89. The van der Waals surface area contributed by atoms with E-state index in [4.69, 9.17) is 9.84 Å². The SMILES string of the molecule is Cc1cccc(Oc2ccc(NC(=O)CN3CCC(CO)C3)cc2)c1. The third-order valence-corrected chi connectivity index (χ3v) is 4.36. The number of aliphatic hydroxyl groups excluding tert-OH is 1. The molecule has 0 bridgehead atoms. The van der Waals surface area contributed by atoms with Crippen LogP contribution >= 0.6 is 0 Å². The number of nitrogens with zero attached hydrogens (tertiary/aromatic N) is 1. The molecule has 1 aliphatic rings. The van der Waals surface area contributed by atoms with E-state index in [2.05, 4.69) is 10.2 Å². The number of anilines is 1. The lowest BCUT2D eigenvalue weighted by Gasteiger charge is -2.15. The summed E-state index contributed by atoms with van der Waals surface area (Å²) in [5.74, 6) is 1.79. The lowest BCUT2D eigenvalue weighted by Crippen LogP contribution is -2.31. The number of aryl methyl sites for hydroxylation is 1. The van der Waals surface area contributed by atoms with Crippen molar-refractivity contribution >= 4 is 11.6 Å². The standard InChI is InChI=1S/C20H24N2O3/c1-15-3-2-4-19(11-15)25-18-7-5-17(6-8-18)21-20(24)13-22-10-9-16(12-22)14-23/h2-8,11,16,23H,9-10,12-14H2,1H3,(H,21,24). The summed E-state index contributed by atoms with van der Waals surface area (Å²) in [6, 6.07) is 15.2. The monoisotopic (exact) mass is 340 g/mol. The minimum absolute atomic E-state index is 0.0362. The van der Waals surface area contributed by atoms with Gasteiger partial charge in [0.05, 0.1) is 6.54 Å². The van der Waals surface area contributed by atoms with Gasteiger partial charge in [-0.15, -0.1) is 0 Å². The number of benzene rings is 2. The maximum Gasteiger partial charge on any atom is 0.238 e. The van der Waals surface area contributed by atoms with E-state index in [9.17, 15) is 4.79 Å². The molecule has 3 rings (SSSR count). The molecule has 2 N–H and O–H groups in total. The fraction of sp³-hybridized carbons (Fsp3) is 0.350. The summed E-state index contributed by atoms with van der Waals surface area (Å²) in [6.07, 6.45) is 0.953. The molecular formula is C20H24N2O3. The Morgan fingerprint density at radius 3 is 2.72 bits per heavy atom. The maximum atomic E-state index is 12.1. The van der Waals surface area contributed by atoms with Crippen molar-refractivity contribution in [1.82, 2.24) is 4.90 Å². The van der Waals surface area contributed by atoms with Crippen molar-refractivity contribution in [2.24, 2.45) is 5.92 Å². The minimum Gasteiger partial charge on any atom is -0.457 e. The quantitative estimate of drug-likeness (QED) is 0.848. The first-order valence-corrected chi connectivity index (χ1v) is 8.60. The number of nitrogens with one attached hydrogen (secondary N) is 1. The Balaban J connectivity index is 1.51. The molecule has 25 heavy (non-hydrogen) atoms. The van der Waals surface area contributed by atoms with Gasteiger partial charge in [0.15, 0.2) is 0 Å². The molecule has 1 aliphatic heterocycles. The largest absolute Gasteiger partial charge is 0.457 e. The second-order valence-electron chi connectivity index (χ2n) is 6.56. The Kier molecular flexibility index (Phi) is 5.68. The molecule has 0 aliphatic carbocycles. The van der Waals surface area contributed by atoms with Crippen LogP contribution in [0, 0.1) is 12.8 Å². The van der Waals surface area contributed by atoms with E-state index in [1.54, 1.807) is 0 Å². The molecule has 1 unspecified atom stereocenters. The summed E-state index contributed by atoms with van der Waals surface area (Å²) >= 11 is 0. The van der Waals surface area contributed by atoms with Crippen molar-refractivity contribution in [3.63, 3.8) is 0 Å². The van der Waals surface area contributed by atoms with E-state index < -0.39 is 0 Å².